The number of benzene rings is 1. The van der Waals surface area contributed by atoms with E-state index in [1.54, 1.807) is 28.2 Å². The molecular formula is C22H20BrN5OS. The van der Waals surface area contributed by atoms with Gasteiger partial charge in [0.25, 0.3) is 5.91 Å². The van der Waals surface area contributed by atoms with Gasteiger partial charge in [-0.1, -0.05) is 40.2 Å². The quantitative estimate of drug-likeness (QED) is 0.438. The van der Waals surface area contributed by atoms with E-state index in [0.29, 0.717) is 24.3 Å². The summed E-state index contributed by atoms with van der Waals surface area (Å²) >= 11 is 5.27. The van der Waals surface area contributed by atoms with E-state index in [2.05, 4.69) is 49.1 Å². The summed E-state index contributed by atoms with van der Waals surface area (Å²) in [5.74, 6) is 0.00127. The molecule has 0 aliphatic carbocycles. The Bertz CT molecular complexity index is 1180. The van der Waals surface area contributed by atoms with Gasteiger partial charge in [0.05, 0.1) is 16.8 Å². The lowest BCUT2D eigenvalue weighted by molar-refractivity contribution is 0.0630. The van der Waals surface area contributed by atoms with Crippen molar-refractivity contribution in [1.29, 1.82) is 0 Å². The number of aromatic nitrogens is 3. The predicted molar refractivity (Wildman–Crippen MR) is 122 cm³/mol. The van der Waals surface area contributed by atoms with E-state index in [9.17, 15) is 4.79 Å². The highest BCUT2D eigenvalue weighted by molar-refractivity contribution is 9.10. The van der Waals surface area contributed by atoms with E-state index in [1.165, 1.54) is 5.56 Å². The molecule has 0 radical (unpaired) electrons. The molecule has 1 aliphatic heterocycles. The summed E-state index contributed by atoms with van der Waals surface area (Å²) in [6.45, 7) is 3.97. The summed E-state index contributed by atoms with van der Waals surface area (Å²) < 4.78 is 2.89. The van der Waals surface area contributed by atoms with Crippen LogP contribution in [-0.4, -0.2) is 56.5 Å². The van der Waals surface area contributed by atoms with Crippen LogP contribution in [0, 0.1) is 0 Å². The Hall–Kier alpha value is -2.55. The van der Waals surface area contributed by atoms with Gasteiger partial charge in [-0.15, -0.1) is 11.3 Å². The Kier molecular flexibility index (Phi) is 5.37. The molecule has 152 valence electrons. The molecule has 0 saturated carbocycles. The van der Waals surface area contributed by atoms with Crippen molar-refractivity contribution in [3.63, 3.8) is 0 Å². The minimum atomic E-state index is 0.00127. The van der Waals surface area contributed by atoms with E-state index >= 15 is 0 Å². The topological polar surface area (TPSA) is 53.7 Å². The first-order valence-electron chi connectivity index (χ1n) is 9.82. The molecule has 1 fully saturated rings. The summed E-state index contributed by atoms with van der Waals surface area (Å²) in [6.07, 6.45) is 3.40. The zero-order valence-electron chi connectivity index (χ0n) is 16.2. The fourth-order valence-electron chi connectivity index (χ4n) is 3.80. The maximum atomic E-state index is 13.2. The second kappa shape index (κ2) is 8.29. The highest BCUT2D eigenvalue weighted by atomic mass is 79.9. The van der Waals surface area contributed by atoms with Crippen LogP contribution in [0.2, 0.25) is 0 Å². The van der Waals surface area contributed by atoms with Gasteiger partial charge >= 0.3 is 0 Å². The van der Waals surface area contributed by atoms with E-state index in [4.69, 9.17) is 0 Å². The Morgan fingerprint density at radius 3 is 2.67 bits per heavy atom. The van der Waals surface area contributed by atoms with Gasteiger partial charge in [0.2, 0.25) is 0 Å². The number of rotatable bonds is 4. The van der Waals surface area contributed by atoms with Crippen LogP contribution in [0.1, 0.15) is 15.9 Å². The molecule has 3 aromatic heterocycles. The van der Waals surface area contributed by atoms with Crippen molar-refractivity contribution in [1.82, 2.24) is 24.4 Å². The fraction of sp³-hybridized carbons (Fsp3) is 0.227. The van der Waals surface area contributed by atoms with Crippen LogP contribution in [0.3, 0.4) is 0 Å². The van der Waals surface area contributed by atoms with Gasteiger partial charge in [-0.2, -0.15) is 5.10 Å². The van der Waals surface area contributed by atoms with Crippen molar-refractivity contribution in [3.8, 4) is 10.6 Å². The molecule has 0 unspecified atom stereocenters. The average molecular weight is 482 g/mol. The molecule has 1 aliphatic rings. The number of halogens is 1. The lowest BCUT2D eigenvalue weighted by atomic mass is 10.2. The zero-order valence-corrected chi connectivity index (χ0v) is 18.6. The van der Waals surface area contributed by atoms with Gasteiger partial charge in [0, 0.05) is 43.4 Å². The van der Waals surface area contributed by atoms with Crippen molar-refractivity contribution in [2.24, 2.45) is 0 Å². The van der Waals surface area contributed by atoms with E-state index < -0.39 is 0 Å². The van der Waals surface area contributed by atoms with Crippen molar-refractivity contribution in [2.75, 3.05) is 26.2 Å². The minimum absolute atomic E-state index is 0.00127. The van der Waals surface area contributed by atoms with Crippen molar-refractivity contribution in [3.05, 3.63) is 75.8 Å². The van der Waals surface area contributed by atoms with Crippen LogP contribution >= 0.6 is 27.3 Å². The molecule has 30 heavy (non-hydrogen) atoms. The van der Waals surface area contributed by atoms with Gasteiger partial charge in [-0.3, -0.25) is 9.69 Å². The monoisotopic (exact) mass is 481 g/mol. The number of hydrogen-bond acceptors (Lipinski definition) is 5. The number of nitrogens with zero attached hydrogens (tertiary/aromatic N) is 5. The number of amides is 1. The lowest BCUT2D eigenvalue weighted by Crippen LogP contribution is -2.48. The lowest BCUT2D eigenvalue weighted by Gasteiger charge is -2.34. The summed E-state index contributed by atoms with van der Waals surface area (Å²) in [6, 6.07) is 14.3. The first-order valence-corrected chi connectivity index (χ1v) is 11.5. The van der Waals surface area contributed by atoms with Crippen LogP contribution in [0.15, 0.2) is 64.7 Å². The average Bonchev–Trinajstić information content (AvgIpc) is 3.45. The van der Waals surface area contributed by atoms with E-state index in [-0.39, 0.29) is 5.91 Å². The second-order valence-corrected chi connectivity index (χ2v) is 9.06. The Labute approximate surface area is 186 Å². The molecule has 5 rings (SSSR count). The van der Waals surface area contributed by atoms with E-state index in [1.807, 2.05) is 34.5 Å². The number of fused-ring (bicyclic) bond motifs is 1. The molecule has 4 heterocycles. The Morgan fingerprint density at radius 2 is 1.90 bits per heavy atom. The van der Waals surface area contributed by atoms with Gasteiger partial charge in [0.1, 0.15) is 5.56 Å². The molecule has 0 spiro atoms. The smallest absolute Gasteiger partial charge is 0.259 e. The molecule has 0 N–H and O–H groups in total. The van der Waals surface area contributed by atoms with Gasteiger partial charge in [-0.25, -0.2) is 9.50 Å². The van der Waals surface area contributed by atoms with Crippen molar-refractivity contribution in [2.45, 2.75) is 6.54 Å². The molecular weight excluding hydrogens is 462 g/mol. The van der Waals surface area contributed by atoms with Crippen LogP contribution in [-0.2, 0) is 6.54 Å². The number of carbonyl (C=O) groups is 1. The number of piperazine rings is 1. The van der Waals surface area contributed by atoms with Gasteiger partial charge in [-0.05, 0) is 29.1 Å². The van der Waals surface area contributed by atoms with Gasteiger partial charge in [0.15, 0.2) is 5.65 Å². The van der Waals surface area contributed by atoms with Crippen LogP contribution in [0.5, 0.6) is 0 Å². The number of carbonyl (C=O) groups excluding carboxylic acids is 1. The second-order valence-electron chi connectivity index (χ2n) is 7.26. The normalized spacial score (nSPS) is 15.0. The molecule has 8 heteroatoms. The van der Waals surface area contributed by atoms with E-state index in [0.717, 1.165) is 34.7 Å². The summed E-state index contributed by atoms with van der Waals surface area (Å²) in [7, 11) is 0. The summed E-state index contributed by atoms with van der Waals surface area (Å²) in [4.78, 5) is 23.0. The standard InChI is InChI=1S/C22H20BrN5OS/c23-18-5-2-1-4-16(18)15-26-9-11-27(12-10-26)22(29)17-14-25-28-19(7-8-24-21(17)28)20-6-3-13-30-20/h1-8,13-14H,9-12,15H2. The predicted octanol–water partition coefficient (Wildman–Crippen LogP) is 4.18. The first-order chi connectivity index (χ1) is 14.7. The van der Waals surface area contributed by atoms with Gasteiger partial charge < -0.3 is 4.90 Å². The third-order valence-electron chi connectivity index (χ3n) is 5.42. The number of hydrogen-bond donors (Lipinski definition) is 0. The fourth-order valence-corrected chi connectivity index (χ4v) is 4.95. The Balaban J connectivity index is 1.31. The van der Waals surface area contributed by atoms with Crippen LogP contribution < -0.4 is 0 Å². The van der Waals surface area contributed by atoms with Crippen molar-refractivity contribution < 1.29 is 4.79 Å². The minimum Gasteiger partial charge on any atom is -0.336 e. The van der Waals surface area contributed by atoms with Crippen molar-refractivity contribution >= 4 is 38.8 Å². The molecule has 1 saturated heterocycles. The third kappa shape index (κ3) is 3.66. The molecule has 0 bridgehead atoms. The largest absolute Gasteiger partial charge is 0.336 e. The van der Waals surface area contributed by atoms with Crippen LogP contribution in [0.25, 0.3) is 16.2 Å². The third-order valence-corrected chi connectivity index (χ3v) is 7.08. The summed E-state index contributed by atoms with van der Waals surface area (Å²) in [5.41, 5.74) is 3.40. The molecule has 4 aromatic rings. The molecule has 6 nitrogen and oxygen atoms in total. The Morgan fingerprint density at radius 1 is 1.07 bits per heavy atom. The zero-order chi connectivity index (χ0) is 20.5. The molecule has 1 amide bonds. The SMILES string of the molecule is O=C(c1cnn2c(-c3cccs3)ccnc12)N1CCN(Cc2ccccc2Br)CC1. The van der Waals surface area contributed by atoms with Crippen LogP contribution in [0.4, 0.5) is 0 Å². The highest BCUT2D eigenvalue weighted by Gasteiger charge is 2.25. The molecule has 0 atom stereocenters. The maximum absolute atomic E-state index is 13.2. The summed E-state index contributed by atoms with van der Waals surface area (Å²) in [5, 5.41) is 6.50. The highest BCUT2D eigenvalue weighted by Crippen LogP contribution is 2.26. The maximum Gasteiger partial charge on any atom is 0.259 e. The molecule has 1 aromatic carbocycles. The number of thiophene rings is 1. The first kappa shape index (κ1) is 19.4.